The minimum atomic E-state index is -0.119. The fourth-order valence-electron chi connectivity index (χ4n) is 2.83. The number of hydrogen-bond acceptors (Lipinski definition) is 7. The van der Waals surface area contributed by atoms with E-state index in [9.17, 15) is 4.79 Å². The number of methoxy groups -OCH3 is 3. The summed E-state index contributed by atoms with van der Waals surface area (Å²) < 4.78 is 21.3. The van der Waals surface area contributed by atoms with Gasteiger partial charge in [0.15, 0.2) is 11.5 Å². The Morgan fingerprint density at radius 1 is 1.07 bits per heavy atom. The van der Waals surface area contributed by atoms with Crippen LogP contribution in [0.1, 0.15) is 17.9 Å². The van der Waals surface area contributed by atoms with Gasteiger partial charge >= 0.3 is 0 Å². The molecule has 1 aromatic heterocycles. The van der Waals surface area contributed by atoms with Crippen molar-refractivity contribution in [3.63, 3.8) is 0 Å². The van der Waals surface area contributed by atoms with Gasteiger partial charge in [-0.05, 0) is 30.7 Å². The summed E-state index contributed by atoms with van der Waals surface area (Å²) in [5, 5.41) is 6.89. The number of hydrogen-bond donors (Lipinski definition) is 1. The van der Waals surface area contributed by atoms with Crippen molar-refractivity contribution in [3.05, 3.63) is 47.9 Å². The van der Waals surface area contributed by atoms with Crippen molar-refractivity contribution >= 4 is 11.6 Å². The molecule has 29 heavy (non-hydrogen) atoms. The van der Waals surface area contributed by atoms with Gasteiger partial charge in [-0.25, -0.2) is 0 Å². The van der Waals surface area contributed by atoms with Crippen LogP contribution in [0.15, 0.2) is 40.9 Å². The second-order valence-corrected chi connectivity index (χ2v) is 6.29. The molecule has 0 aliphatic carbocycles. The highest BCUT2D eigenvalue weighted by atomic mass is 16.5. The molecule has 1 N–H and O–H groups in total. The molecule has 1 amide bonds. The van der Waals surface area contributed by atoms with Crippen LogP contribution in [0.25, 0.3) is 11.4 Å². The van der Waals surface area contributed by atoms with Crippen molar-refractivity contribution in [3.8, 4) is 28.6 Å². The third-order valence-electron chi connectivity index (χ3n) is 4.38. The first-order valence-corrected chi connectivity index (χ1v) is 9.04. The molecule has 3 aromatic rings. The van der Waals surface area contributed by atoms with Gasteiger partial charge in [0.1, 0.15) is 0 Å². The number of ether oxygens (including phenoxy) is 3. The van der Waals surface area contributed by atoms with Crippen LogP contribution in [0.3, 0.4) is 0 Å². The lowest BCUT2D eigenvalue weighted by molar-refractivity contribution is -0.116. The molecule has 0 spiro atoms. The van der Waals surface area contributed by atoms with Gasteiger partial charge in [0.25, 0.3) is 0 Å². The molecular weight excluding hydrogens is 374 g/mol. The highest BCUT2D eigenvalue weighted by Crippen LogP contribution is 2.40. The Balaban J connectivity index is 1.69. The van der Waals surface area contributed by atoms with Crippen LogP contribution in [0, 0.1) is 6.92 Å². The van der Waals surface area contributed by atoms with Gasteiger partial charge in [0.2, 0.25) is 23.4 Å². The number of para-hydroxylation sites is 1. The zero-order valence-electron chi connectivity index (χ0n) is 16.8. The average molecular weight is 397 g/mol. The molecule has 0 unspecified atom stereocenters. The summed E-state index contributed by atoms with van der Waals surface area (Å²) in [4.78, 5) is 16.6. The highest BCUT2D eigenvalue weighted by molar-refractivity contribution is 5.91. The molecule has 0 fully saturated rings. The number of carbonyl (C=O) groups is 1. The first-order valence-electron chi connectivity index (χ1n) is 9.04. The lowest BCUT2D eigenvalue weighted by atomic mass is 10.1. The third kappa shape index (κ3) is 4.66. The summed E-state index contributed by atoms with van der Waals surface area (Å²) in [7, 11) is 4.61. The maximum atomic E-state index is 12.2. The van der Waals surface area contributed by atoms with Gasteiger partial charge in [0, 0.05) is 24.1 Å². The van der Waals surface area contributed by atoms with Crippen molar-refractivity contribution in [2.24, 2.45) is 0 Å². The molecule has 8 nitrogen and oxygen atoms in total. The molecule has 0 aliphatic heterocycles. The molecule has 1 heterocycles. The molecule has 3 rings (SSSR count). The molecule has 8 heteroatoms. The van der Waals surface area contributed by atoms with Gasteiger partial charge in [-0.15, -0.1) is 0 Å². The van der Waals surface area contributed by atoms with Gasteiger partial charge in [-0.2, -0.15) is 4.98 Å². The normalized spacial score (nSPS) is 10.5. The maximum absolute atomic E-state index is 12.2. The maximum Gasteiger partial charge on any atom is 0.227 e. The summed E-state index contributed by atoms with van der Waals surface area (Å²) in [6, 6.07) is 11.1. The summed E-state index contributed by atoms with van der Waals surface area (Å²) >= 11 is 0. The number of amides is 1. The second-order valence-electron chi connectivity index (χ2n) is 6.29. The fraction of sp³-hybridized carbons (Fsp3) is 0.286. The van der Waals surface area contributed by atoms with Crippen LogP contribution in [0.5, 0.6) is 17.2 Å². The molecule has 0 aliphatic rings. The Bertz CT molecular complexity index is 974. The number of anilines is 1. The van der Waals surface area contributed by atoms with E-state index in [2.05, 4.69) is 15.5 Å². The van der Waals surface area contributed by atoms with E-state index in [0.717, 1.165) is 11.3 Å². The molecule has 0 radical (unpaired) electrons. The Morgan fingerprint density at radius 2 is 1.76 bits per heavy atom. The van der Waals surface area contributed by atoms with Crippen LogP contribution >= 0.6 is 0 Å². The van der Waals surface area contributed by atoms with Crippen LogP contribution in [-0.2, 0) is 11.2 Å². The molecular formula is C21H23N3O5. The molecule has 0 atom stereocenters. The monoisotopic (exact) mass is 397 g/mol. The zero-order valence-corrected chi connectivity index (χ0v) is 16.8. The van der Waals surface area contributed by atoms with Gasteiger partial charge in [-0.3, -0.25) is 4.79 Å². The van der Waals surface area contributed by atoms with E-state index in [4.69, 9.17) is 18.7 Å². The molecule has 0 bridgehead atoms. The van der Waals surface area contributed by atoms with Crippen LogP contribution in [-0.4, -0.2) is 37.4 Å². The van der Waals surface area contributed by atoms with Crippen molar-refractivity contribution < 1.29 is 23.5 Å². The molecule has 0 saturated heterocycles. The van der Waals surface area contributed by atoms with Crippen molar-refractivity contribution in [1.29, 1.82) is 0 Å². The van der Waals surface area contributed by atoms with E-state index in [1.807, 2.05) is 31.2 Å². The van der Waals surface area contributed by atoms with Crippen molar-refractivity contribution in [2.45, 2.75) is 19.8 Å². The van der Waals surface area contributed by atoms with Crippen LogP contribution in [0.4, 0.5) is 5.69 Å². The van der Waals surface area contributed by atoms with Crippen LogP contribution in [0.2, 0.25) is 0 Å². The number of rotatable bonds is 8. The number of nitrogens with one attached hydrogen (secondary N) is 1. The Morgan fingerprint density at radius 3 is 2.38 bits per heavy atom. The number of aryl methyl sites for hydroxylation is 2. The number of nitrogens with zero attached hydrogens (tertiary/aromatic N) is 2. The second kappa shape index (κ2) is 9.09. The lowest BCUT2D eigenvalue weighted by Gasteiger charge is -2.12. The Labute approximate surface area is 168 Å². The van der Waals surface area contributed by atoms with E-state index in [0.29, 0.717) is 40.9 Å². The predicted octanol–water partition coefficient (Wildman–Crippen LogP) is 3.64. The minimum absolute atomic E-state index is 0.119. The van der Waals surface area contributed by atoms with E-state index >= 15 is 0 Å². The molecule has 0 saturated carbocycles. The van der Waals surface area contributed by atoms with E-state index in [1.165, 1.54) is 21.3 Å². The smallest absolute Gasteiger partial charge is 0.227 e. The van der Waals surface area contributed by atoms with E-state index < -0.39 is 0 Å². The van der Waals surface area contributed by atoms with Crippen LogP contribution < -0.4 is 19.5 Å². The SMILES string of the molecule is COc1cc(-c2noc(CCC(=O)Nc3ccccc3C)n2)cc(OC)c1OC. The Kier molecular flexibility index (Phi) is 6.33. The van der Waals surface area contributed by atoms with Crippen molar-refractivity contribution in [1.82, 2.24) is 10.1 Å². The first kappa shape index (κ1) is 20.2. The Hall–Kier alpha value is -3.55. The molecule has 152 valence electrons. The highest BCUT2D eigenvalue weighted by Gasteiger charge is 2.17. The topological polar surface area (TPSA) is 95.7 Å². The third-order valence-corrected chi connectivity index (χ3v) is 4.38. The first-order chi connectivity index (χ1) is 14.0. The van der Waals surface area contributed by atoms with E-state index in [-0.39, 0.29) is 12.3 Å². The largest absolute Gasteiger partial charge is 0.493 e. The summed E-state index contributed by atoms with van der Waals surface area (Å²) in [6.45, 7) is 1.94. The fourth-order valence-corrected chi connectivity index (χ4v) is 2.83. The molecule has 2 aromatic carbocycles. The summed E-state index contributed by atoms with van der Waals surface area (Å²) in [5.41, 5.74) is 2.45. The van der Waals surface area contributed by atoms with Gasteiger partial charge in [-0.1, -0.05) is 23.4 Å². The lowest BCUT2D eigenvalue weighted by Crippen LogP contribution is -2.13. The summed E-state index contributed by atoms with van der Waals surface area (Å²) in [6.07, 6.45) is 0.556. The van der Waals surface area contributed by atoms with Gasteiger partial charge < -0.3 is 24.1 Å². The number of benzene rings is 2. The van der Waals surface area contributed by atoms with Gasteiger partial charge in [0.05, 0.1) is 21.3 Å². The standard InChI is InChI=1S/C21H23N3O5/c1-13-7-5-6-8-15(13)22-18(25)9-10-19-23-21(24-29-19)14-11-16(26-2)20(28-4)17(12-14)27-3/h5-8,11-12H,9-10H2,1-4H3,(H,22,25). The zero-order chi connectivity index (χ0) is 20.8. The predicted molar refractivity (Wildman–Crippen MR) is 108 cm³/mol. The van der Waals surface area contributed by atoms with Crippen molar-refractivity contribution in [2.75, 3.05) is 26.6 Å². The quantitative estimate of drug-likeness (QED) is 0.620. The average Bonchev–Trinajstić information content (AvgIpc) is 3.22. The minimum Gasteiger partial charge on any atom is -0.493 e. The number of carbonyl (C=O) groups excluding carboxylic acids is 1. The van der Waals surface area contributed by atoms with E-state index in [1.54, 1.807) is 12.1 Å². The summed E-state index contributed by atoms with van der Waals surface area (Å²) in [5.74, 6) is 2.09. The number of aromatic nitrogens is 2.